The molecule has 1 aliphatic carbocycles. The molecule has 0 saturated carbocycles. The minimum atomic E-state index is -2.60. The van der Waals surface area contributed by atoms with Gasteiger partial charge in [-0.3, -0.25) is 5.14 Å². The zero-order chi connectivity index (χ0) is 21.1. The van der Waals surface area contributed by atoms with E-state index in [1.165, 1.54) is 17.5 Å². The molecule has 1 saturated heterocycles. The Hall–Kier alpha value is -2.12. The Morgan fingerprint density at radius 1 is 1.13 bits per heavy atom. The fourth-order valence-electron chi connectivity index (χ4n) is 4.25. The first-order valence-electron chi connectivity index (χ1n) is 10.5. The van der Waals surface area contributed by atoms with E-state index in [9.17, 15) is 8.78 Å². The van der Waals surface area contributed by atoms with Crippen LogP contribution in [0.1, 0.15) is 48.9 Å². The minimum Gasteiger partial charge on any atom is -0.356 e. The molecule has 7 heteroatoms. The highest BCUT2D eigenvalue weighted by Gasteiger charge is 2.33. The normalized spacial score (nSPS) is 18.4. The van der Waals surface area contributed by atoms with Gasteiger partial charge in [-0.25, -0.2) is 13.8 Å². The SMILES string of the molecule is C=C(Nc1cccc(SN)c1)c1cc2c(nc1N1CCCC(F)(F)CC1)CCCC2. The average Bonchev–Trinajstić information content (AvgIpc) is 2.93. The van der Waals surface area contributed by atoms with Crippen LogP contribution in [0.25, 0.3) is 5.70 Å². The Morgan fingerprint density at radius 2 is 1.97 bits per heavy atom. The number of nitrogens with two attached hydrogens (primary N) is 1. The highest BCUT2D eigenvalue weighted by molar-refractivity contribution is 7.97. The third-order valence-electron chi connectivity index (χ3n) is 5.89. The van der Waals surface area contributed by atoms with Gasteiger partial charge in [-0.05, 0) is 73.9 Å². The lowest BCUT2D eigenvalue weighted by Crippen LogP contribution is -2.28. The molecule has 1 aliphatic heterocycles. The summed E-state index contributed by atoms with van der Waals surface area (Å²) in [6.45, 7) is 5.16. The van der Waals surface area contributed by atoms with Crippen LogP contribution in [0, 0.1) is 0 Å². The highest BCUT2D eigenvalue weighted by Crippen LogP contribution is 2.35. The zero-order valence-corrected chi connectivity index (χ0v) is 17.9. The lowest BCUT2D eigenvalue weighted by molar-refractivity contribution is -0.0102. The van der Waals surface area contributed by atoms with Crippen LogP contribution in [0.5, 0.6) is 0 Å². The second-order valence-electron chi connectivity index (χ2n) is 8.12. The summed E-state index contributed by atoms with van der Waals surface area (Å²) in [4.78, 5) is 7.95. The molecule has 30 heavy (non-hydrogen) atoms. The summed E-state index contributed by atoms with van der Waals surface area (Å²) in [5.74, 6) is -1.83. The fourth-order valence-corrected chi connectivity index (χ4v) is 4.60. The van der Waals surface area contributed by atoms with E-state index in [0.717, 1.165) is 59.0 Å². The number of anilines is 2. The predicted octanol–water partition coefficient (Wildman–Crippen LogP) is 5.63. The van der Waals surface area contributed by atoms with Crippen molar-refractivity contribution in [2.45, 2.75) is 55.8 Å². The van der Waals surface area contributed by atoms with Crippen molar-refractivity contribution < 1.29 is 8.78 Å². The number of halogens is 2. The van der Waals surface area contributed by atoms with Crippen molar-refractivity contribution >= 4 is 29.2 Å². The van der Waals surface area contributed by atoms with Gasteiger partial charge in [0, 0.05) is 53.5 Å². The molecule has 3 N–H and O–H groups in total. The van der Waals surface area contributed by atoms with Crippen molar-refractivity contribution in [1.82, 2.24) is 4.98 Å². The van der Waals surface area contributed by atoms with Crippen molar-refractivity contribution in [3.8, 4) is 0 Å². The van der Waals surface area contributed by atoms with E-state index in [2.05, 4.69) is 18.0 Å². The van der Waals surface area contributed by atoms with E-state index in [1.807, 2.05) is 29.2 Å². The smallest absolute Gasteiger partial charge is 0.249 e. The summed E-state index contributed by atoms with van der Waals surface area (Å²) < 4.78 is 27.9. The first kappa shape index (κ1) is 21.1. The highest BCUT2D eigenvalue weighted by atomic mass is 32.2. The van der Waals surface area contributed by atoms with Crippen LogP contribution in [0.2, 0.25) is 0 Å². The van der Waals surface area contributed by atoms with Gasteiger partial charge in [-0.2, -0.15) is 0 Å². The summed E-state index contributed by atoms with van der Waals surface area (Å²) in [5, 5.41) is 9.06. The van der Waals surface area contributed by atoms with Gasteiger partial charge in [-0.1, -0.05) is 12.6 Å². The van der Waals surface area contributed by atoms with E-state index in [0.29, 0.717) is 19.5 Å². The van der Waals surface area contributed by atoms with Crippen LogP contribution < -0.4 is 15.4 Å². The molecular weight excluding hydrogens is 402 g/mol. The maximum atomic E-state index is 14.0. The average molecular weight is 431 g/mol. The van der Waals surface area contributed by atoms with Crippen LogP contribution in [-0.2, 0) is 12.8 Å². The first-order chi connectivity index (χ1) is 14.4. The molecule has 0 bridgehead atoms. The summed E-state index contributed by atoms with van der Waals surface area (Å²) in [6.07, 6.45) is 4.48. The number of hydrogen-bond acceptors (Lipinski definition) is 5. The molecule has 1 fully saturated rings. The monoisotopic (exact) mass is 430 g/mol. The molecule has 2 aromatic rings. The van der Waals surface area contributed by atoms with Crippen LogP contribution in [0.3, 0.4) is 0 Å². The molecule has 1 aromatic heterocycles. The zero-order valence-electron chi connectivity index (χ0n) is 17.1. The van der Waals surface area contributed by atoms with Crippen molar-refractivity contribution in [1.29, 1.82) is 0 Å². The topological polar surface area (TPSA) is 54.2 Å². The predicted molar refractivity (Wildman–Crippen MR) is 121 cm³/mol. The summed E-state index contributed by atoms with van der Waals surface area (Å²) in [7, 11) is 0. The molecule has 0 radical (unpaired) electrons. The first-order valence-corrected chi connectivity index (χ1v) is 11.4. The van der Waals surface area contributed by atoms with Crippen LogP contribution in [0.4, 0.5) is 20.3 Å². The summed E-state index contributed by atoms with van der Waals surface area (Å²) in [5.41, 5.74) is 4.86. The number of pyridine rings is 1. The van der Waals surface area contributed by atoms with Gasteiger partial charge in [0.1, 0.15) is 5.82 Å². The van der Waals surface area contributed by atoms with E-state index in [4.69, 9.17) is 10.1 Å². The number of nitrogens with one attached hydrogen (secondary N) is 1. The van der Waals surface area contributed by atoms with Crippen molar-refractivity contribution in [2.75, 3.05) is 23.3 Å². The molecule has 1 aromatic carbocycles. The quantitative estimate of drug-likeness (QED) is 0.602. The Labute approximate surface area is 181 Å². The molecule has 0 spiro atoms. The van der Waals surface area contributed by atoms with E-state index in [1.54, 1.807) is 0 Å². The van der Waals surface area contributed by atoms with Gasteiger partial charge in [0.05, 0.1) is 0 Å². The van der Waals surface area contributed by atoms with Gasteiger partial charge < -0.3 is 10.2 Å². The van der Waals surface area contributed by atoms with Gasteiger partial charge in [0.15, 0.2) is 0 Å². The maximum Gasteiger partial charge on any atom is 0.249 e. The number of rotatable bonds is 5. The van der Waals surface area contributed by atoms with Crippen molar-refractivity contribution in [3.63, 3.8) is 0 Å². The van der Waals surface area contributed by atoms with E-state index in [-0.39, 0.29) is 12.8 Å². The van der Waals surface area contributed by atoms with Crippen molar-refractivity contribution in [3.05, 3.63) is 53.7 Å². The Bertz CT molecular complexity index is 931. The summed E-state index contributed by atoms with van der Waals surface area (Å²) in [6, 6.07) is 9.98. The number of aromatic nitrogens is 1. The van der Waals surface area contributed by atoms with Crippen LogP contribution >= 0.6 is 11.9 Å². The number of aryl methyl sites for hydroxylation is 2. The minimum absolute atomic E-state index is 0.0630. The Morgan fingerprint density at radius 3 is 2.80 bits per heavy atom. The molecule has 4 nitrogen and oxygen atoms in total. The molecule has 0 unspecified atom stereocenters. The standard InChI is InChI=1S/C23H28F2N4S/c1-16(27-18-7-4-8-19(15-18)30-26)20-14-17-6-2-3-9-21(17)28-22(20)29-12-5-10-23(24,25)11-13-29/h4,7-8,14-15,27H,1-3,5-6,9-13,26H2. The molecule has 2 aliphatic rings. The van der Waals surface area contributed by atoms with Crippen molar-refractivity contribution in [2.24, 2.45) is 5.14 Å². The number of fused-ring (bicyclic) bond motifs is 1. The summed E-state index contributed by atoms with van der Waals surface area (Å²) >= 11 is 1.19. The molecule has 4 rings (SSSR count). The molecule has 0 amide bonds. The third-order valence-corrected chi connectivity index (χ3v) is 6.41. The van der Waals surface area contributed by atoms with Gasteiger partial charge in [0.25, 0.3) is 0 Å². The van der Waals surface area contributed by atoms with Crippen LogP contribution in [-0.4, -0.2) is 24.0 Å². The Kier molecular flexibility index (Phi) is 6.29. The second kappa shape index (κ2) is 8.94. The lowest BCUT2D eigenvalue weighted by atomic mass is 9.94. The third kappa shape index (κ3) is 4.78. The number of nitrogens with zero attached hydrogens (tertiary/aromatic N) is 2. The number of alkyl halides is 2. The van der Waals surface area contributed by atoms with Gasteiger partial charge in [-0.15, -0.1) is 0 Å². The second-order valence-corrected chi connectivity index (χ2v) is 8.83. The molecule has 2 heterocycles. The molecule has 160 valence electrons. The maximum absolute atomic E-state index is 14.0. The number of benzene rings is 1. The van der Waals surface area contributed by atoms with E-state index < -0.39 is 5.92 Å². The van der Waals surface area contributed by atoms with Gasteiger partial charge >= 0.3 is 0 Å². The van der Waals surface area contributed by atoms with Crippen LogP contribution in [0.15, 0.2) is 41.8 Å². The lowest BCUT2D eigenvalue weighted by Gasteiger charge is -2.28. The largest absolute Gasteiger partial charge is 0.356 e. The molecule has 0 atom stereocenters. The van der Waals surface area contributed by atoms with Gasteiger partial charge in [0.2, 0.25) is 5.92 Å². The molecular formula is C23H28F2N4S. The fraction of sp³-hybridized carbons (Fsp3) is 0.435. The number of hydrogen-bond donors (Lipinski definition) is 2. The Balaban J connectivity index is 1.67. The van der Waals surface area contributed by atoms with E-state index >= 15 is 0 Å².